The van der Waals surface area contributed by atoms with Crippen LogP contribution in [0.3, 0.4) is 0 Å². The Morgan fingerprint density at radius 2 is 1.94 bits per heavy atom. The monoisotopic (exact) mass is 450 g/mol. The normalized spacial score (nSPS) is 18.6. The molecule has 0 saturated carbocycles. The highest BCUT2D eigenvalue weighted by atomic mass is 32.2. The Kier molecular flexibility index (Phi) is 5.32. The quantitative estimate of drug-likeness (QED) is 0.606. The average molecular weight is 451 g/mol. The number of fused-ring (bicyclic) bond motifs is 1. The minimum absolute atomic E-state index is 0.321. The van der Waals surface area contributed by atoms with E-state index in [-0.39, 0.29) is 5.24 Å². The van der Waals surface area contributed by atoms with E-state index < -0.39 is 5.91 Å². The van der Waals surface area contributed by atoms with Crippen LogP contribution >= 0.6 is 11.8 Å². The number of ether oxygens (including phenoxy) is 1. The summed E-state index contributed by atoms with van der Waals surface area (Å²) in [6.45, 7) is 3.94. The highest BCUT2D eigenvalue weighted by Gasteiger charge is 2.25. The molecular formula is C22H22N6O3S. The number of piperazine rings is 1. The summed E-state index contributed by atoms with van der Waals surface area (Å²) in [5, 5.41) is 6.50. The van der Waals surface area contributed by atoms with Gasteiger partial charge in [0.25, 0.3) is 11.1 Å². The van der Waals surface area contributed by atoms with Crippen LogP contribution in [0.4, 0.5) is 10.5 Å². The lowest BCUT2D eigenvalue weighted by atomic mass is 10.1. The van der Waals surface area contributed by atoms with Gasteiger partial charge in [0.1, 0.15) is 5.75 Å². The van der Waals surface area contributed by atoms with E-state index in [1.54, 1.807) is 30.0 Å². The molecule has 0 spiro atoms. The number of hydrogen-bond donors (Lipinski definition) is 1. The molecule has 1 aromatic carbocycles. The lowest BCUT2D eigenvalue weighted by Gasteiger charge is -2.34. The minimum atomic E-state index is -0.406. The fourth-order valence-corrected chi connectivity index (χ4v) is 4.53. The molecule has 10 heteroatoms. The Labute approximate surface area is 189 Å². The van der Waals surface area contributed by atoms with E-state index in [1.807, 2.05) is 18.2 Å². The minimum Gasteiger partial charge on any atom is -0.495 e. The van der Waals surface area contributed by atoms with Gasteiger partial charge in [-0.05, 0) is 49.2 Å². The number of methoxy groups -OCH3 is 1. The summed E-state index contributed by atoms with van der Waals surface area (Å²) in [6.07, 6.45) is 3.37. The summed E-state index contributed by atoms with van der Waals surface area (Å²) >= 11 is 0.869. The second-order valence-corrected chi connectivity index (χ2v) is 8.72. The summed E-state index contributed by atoms with van der Waals surface area (Å²) < 4.78 is 7.45. The van der Waals surface area contributed by atoms with Crippen molar-refractivity contribution < 1.29 is 14.3 Å². The van der Waals surface area contributed by atoms with Gasteiger partial charge in [-0.25, -0.2) is 9.50 Å². The van der Waals surface area contributed by atoms with Crippen LogP contribution in [0.5, 0.6) is 5.75 Å². The zero-order valence-corrected chi connectivity index (χ0v) is 18.6. The van der Waals surface area contributed by atoms with E-state index >= 15 is 0 Å². The molecule has 2 saturated heterocycles. The lowest BCUT2D eigenvalue weighted by Crippen LogP contribution is -2.44. The number of carbonyl (C=O) groups is 2. The second-order valence-electron chi connectivity index (χ2n) is 7.70. The number of benzene rings is 1. The van der Waals surface area contributed by atoms with Crippen molar-refractivity contribution in [1.82, 2.24) is 24.8 Å². The number of amides is 2. The molecule has 2 aromatic heterocycles. The van der Waals surface area contributed by atoms with Crippen LogP contribution in [-0.4, -0.2) is 71.0 Å². The Balaban J connectivity index is 1.50. The molecule has 164 valence electrons. The van der Waals surface area contributed by atoms with Crippen molar-refractivity contribution in [2.45, 2.75) is 0 Å². The standard InChI is InChI=1S/C22H22N6O3S/c1-26-7-9-27(10-8-26)16-5-3-14(11-18(16)31-2)17-13-23-20-6-4-15(25-28(17)20)12-19-21(29)24-22(30)32-19/h3-6,11-13H,7-10H2,1-2H3,(H,24,29,30). The number of hydrogen-bond acceptors (Lipinski definition) is 8. The Hall–Kier alpha value is -3.37. The predicted octanol–water partition coefficient (Wildman–Crippen LogP) is 2.48. The van der Waals surface area contributed by atoms with Gasteiger partial charge in [0.2, 0.25) is 0 Å². The Morgan fingerprint density at radius 3 is 2.66 bits per heavy atom. The molecule has 0 radical (unpaired) electrons. The number of likely N-dealkylation sites (N-methyl/N-ethyl adjacent to an activating group) is 1. The molecule has 2 amide bonds. The highest BCUT2D eigenvalue weighted by molar-refractivity contribution is 8.18. The van der Waals surface area contributed by atoms with Gasteiger partial charge in [-0.3, -0.25) is 14.9 Å². The van der Waals surface area contributed by atoms with Gasteiger partial charge in [0.05, 0.1) is 35.3 Å². The third-order valence-corrected chi connectivity index (χ3v) is 6.43. The van der Waals surface area contributed by atoms with Gasteiger partial charge in [-0.15, -0.1) is 0 Å². The lowest BCUT2D eigenvalue weighted by molar-refractivity contribution is -0.115. The van der Waals surface area contributed by atoms with Crippen LogP contribution in [0.2, 0.25) is 0 Å². The summed E-state index contributed by atoms with van der Waals surface area (Å²) in [5.74, 6) is 0.398. The van der Waals surface area contributed by atoms with Gasteiger partial charge >= 0.3 is 0 Å². The van der Waals surface area contributed by atoms with Crippen molar-refractivity contribution in [3.63, 3.8) is 0 Å². The highest BCUT2D eigenvalue weighted by Crippen LogP contribution is 2.34. The van der Waals surface area contributed by atoms with Crippen LogP contribution < -0.4 is 15.0 Å². The summed E-state index contributed by atoms with van der Waals surface area (Å²) in [4.78, 5) is 32.7. The average Bonchev–Trinajstić information content (AvgIpc) is 3.36. The first kappa shape index (κ1) is 20.5. The van der Waals surface area contributed by atoms with Crippen LogP contribution in [0.15, 0.2) is 41.4 Å². The van der Waals surface area contributed by atoms with E-state index in [0.717, 1.165) is 60.6 Å². The molecule has 9 nitrogen and oxygen atoms in total. The first-order valence-electron chi connectivity index (χ1n) is 10.2. The first-order valence-corrected chi connectivity index (χ1v) is 11.0. The molecule has 32 heavy (non-hydrogen) atoms. The molecule has 0 unspecified atom stereocenters. The predicted molar refractivity (Wildman–Crippen MR) is 124 cm³/mol. The number of carbonyl (C=O) groups excluding carboxylic acids is 2. The van der Waals surface area contributed by atoms with E-state index in [2.05, 4.69) is 38.3 Å². The number of nitrogens with one attached hydrogen (secondary N) is 1. The number of nitrogens with zero attached hydrogens (tertiary/aromatic N) is 5. The van der Waals surface area contributed by atoms with Gasteiger partial charge in [-0.1, -0.05) is 6.07 Å². The third-order valence-electron chi connectivity index (χ3n) is 5.62. The fourth-order valence-electron chi connectivity index (χ4n) is 3.86. The topological polar surface area (TPSA) is 92.1 Å². The Morgan fingerprint density at radius 1 is 1.12 bits per heavy atom. The smallest absolute Gasteiger partial charge is 0.290 e. The Bertz CT molecular complexity index is 1250. The zero-order chi connectivity index (χ0) is 22.2. The third kappa shape index (κ3) is 3.82. The van der Waals surface area contributed by atoms with Gasteiger partial charge in [0, 0.05) is 31.7 Å². The number of imidazole rings is 1. The fraction of sp³-hybridized carbons (Fsp3) is 0.273. The van der Waals surface area contributed by atoms with Gasteiger partial charge in [-0.2, -0.15) is 5.10 Å². The number of anilines is 1. The van der Waals surface area contributed by atoms with Gasteiger partial charge < -0.3 is 14.5 Å². The molecule has 1 N–H and O–H groups in total. The van der Waals surface area contributed by atoms with E-state index in [0.29, 0.717) is 16.2 Å². The molecule has 2 fully saturated rings. The zero-order valence-electron chi connectivity index (χ0n) is 17.7. The van der Waals surface area contributed by atoms with Crippen molar-refractivity contribution in [2.24, 2.45) is 0 Å². The van der Waals surface area contributed by atoms with Crippen LogP contribution in [0.25, 0.3) is 23.0 Å². The molecule has 2 aliphatic rings. The molecule has 4 heterocycles. The molecule has 0 bridgehead atoms. The molecule has 5 rings (SSSR count). The van der Waals surface area contributed by atoms with Crippen molar-refractivity contribution in [1.29, 1.82) is 0 Å². The molecule has 0 aliphatic carbocycles. The molecule has 0 atom stereocenters. The SMILES string of the molecule is COc1cc(-c2cnc3ccc(C=C4SC(=O)NC4=O)nn23)ccc1N1CCN(C)CC1. The number of aromatic nitrogens is 3. The van der Waals surface area contributed by atoms with E-state index in [4.69, 9.17) is 4.74 Å². The number of thioether (sulfide) groups is 1. The van der Waals surface area contributed by atoms with Crippen molar-refractivity contribution in [3.8, 4) is 17.0 Å². The van der Waals surface area contributed by atoms with Crippen molar-refractivity contribution >= 4 is 40.3 Å². The molecule has 2 aliphatic heterocycles. The van der Waals surface area contributed by atoms with Crippen molar-refractivity contribution in [3.05, 3.63) is 47.1 Å². The van der Waals surface area contributed by atoms with E-state index in [9.17, 15) is 9.59 Å². The van der Waals surface area contributed by atoms with Crippen LogP contribution in [0.1, 0.15) is 5.69 Å². The first-order chi connectivity index (χ1) is 15.5. The number of imide groups is 1. The summed E-state index contributed by atoms with van der Waals surface area (Å²) in [5.41, 5.74) is 4.05. The van der Waals surface area contributed by atoms with Gasteiger partial charge in [0.15, 0.2) is 5.65 Å². The maximum atomic E-state index is 11.9. The van der Waals surface area contributed by atoms with Crippen LogP contribution in [0, 0.1) is 0 Å². The second kappa shape index (κ2) is 8.29. The van der Waals surface area contributed by atoms with Crippen molar-refractivity contribution in [2.75, 3.05) is 45.2 Å². The largest absolute Gasteiger partial charge is 0.495 e. The summed E-state index contributed by atoms with van der Waals surface area (Å²) in [7, 11) is 3.82. The maximum absolute atomic E-state index is 11.9. The van der Waals surface area contributed by atoms with E-state index in [1.165, 1.54) is 0 Å². The molecular weight excluding hydrogens is 428 g/mol. The number of rotatable bonds is 4. The van der Waals surface area contributed by atoms with Crippen LogP contribution in [-0.2, 0) is 4.79 Å². The summed E-state index contributed by atoms with van der Waals surface area (Å²) in [6, 6.07) is 9.73. The maximum Gasteiger partial charge on any atom is 0.290 e. The molecule has 3 aromatic rings.